The van der Waals surface area contributed by atoms with Crippen molar-refractivity contribution in [2.45, 2.75) is 6.61 Å². The topological polar surface area (TPSA) is 77.0 Å². The number of hydrogen-bond acceptors (Lipinski definition) is 5. The largest absolute Gasteiger partial charge is 0.489 e. The summed E-state index contributed by atoms with van der Waals surface area (Å²) in [6, 6.07) is 25.5. The van der Waals surface area contributed by atoms with Crippen molar-refractivity contribution in [1.82, 2.24) is 5.43 Å². The van der Waals surface area contributed by atoms with Crippen LogP contribution in [-0.2, 0) is 6.61 Å². The first-order valence-corrected chi connectivity index (χ1v) is 12.5. The highest BCUT2D eigenvalue weighted by atomic mass is 79.9. The highest BCUT2D eigenvalue weighted by Gasteiger charge is 2.09. The predicted octanol–water partition coefficient (Wildman–Crippen LogP) is 7.32. The van der Waals surface area contributed by atoms with Crippen LogP contribution in [-0.4, -0.2) is 18.1 Å². The average Bonchev–Trinajstić information content (AvgIpc) is 2.90. The van der Waals surface area contributed by atoms with Crippen molar-refractivity contribution in [3.63, 3.8) is 0 Å². The number of nitrogens with one attached hydrogen (secondary N) is 1. The third kappa shape index (κ3) is 7.67. The quantitative estimate of drug-likeness (QED) is 0.0999. The minimum absolute atomic E-state index is 0.272. The van der Waals surface area contributed by atoms with Crippen LogP contribution in [0.5, 0.6) is 11.5 Å². The molecule has 0 aliphatic rings. The molecule has 186 valence electrons. The van der Waals surface area contributed by atoms with Crippen molar-refractivity contribution in [2.75, 3.05) is 0 Å². The molecule has 37 heavy (non-hydrogen) atoms. The van der Waals surface area contributed by atoms with E-state index in [1.54, 1.807) is 91.0 Å². The van der Waals surface area contributed by atoms with Gasteiger partial charge in [0, 0.05) is 25.6 Å². The summed E-state index contributed by atoms with van der Waals surface area (Å²) >= 11 is 15.4. The van der Waals surface area contributed by atoms with Crippen LogP contribution in [0.15, 0.2) is 101 Å². The van der Waals surface area contributed by atoms with Gasteiger partial charge in [0.1, 0.15) is 18.1 Å². The summed E-state index contributed by atoms with van der Waals surface area (Å²) in [5.74, 6) is 0.164. The minimum atomic E-state index is -0.452. The Kier molecular flexibility index (Phi) is 8.95. The van der Waals surface area contributed by atoms with Gasteiger partial charge >= 0.3 is 5.97 Å². The van der Waals surface area contributed by atoms with E-state index in [1.165, 1.54) is 6.21 Å². The van der Waals surface area contributed by atoms with Gasteiger partial charge in [0.2, 0.25) is 0 Å². The molecule has 0 saturated carbocycles. The number of hydrogen-bond donors (Lipinski definition) is 1. The fourth-order valence-electron chi connectivity index (χ4n) is 3.11. The molecule has 0 spiro atoms. The third-order valence-electron chi connectivity index (χ3n) is 5.08. The van der Waals surface area contributed by atoms with E-state index in [4.69, 9.17) is 32.7 Å². The molecule has 0 fully saturated rings. The molecule has 0 unspecified atom stereocenters. The Morgan fingerprint density at radius 1 is 0.838 bits per heavy atom. The molecule has 4 aromatic rings. The van der Waals surface area contributed by atoms with Crippen LogP contribution >= 0.6 is 39.1 Å². The van der Waals surface area contributed by atoms with Gasteiger partial charge in [-0.25, -0.2) is 10.2 Å². The van der Waals surface area contributed by atoms with Crippen LogP contribution in [0.3, 0.4) is 0 Å². The van der Waals surface area contributed by atoms with E-state index in [1.807, 2.05) is 0 Å². The molecule has 0 aliphatic carbocycles. The molecule has 6 nitrogen and oxygen atoms in total. The number of hydrazone groups is 1. The molecule has 0 aliphatic heterocycles. The molecular formula is C28H19BrCl2N2O4. The summed E-state index contributed by atoms with van der Waals surface area (Å²) in [6.07, 6.45) is 1.49. The van der Waals surface area contributed by atoms with E-state index < -0.39 is 5.97 Å². The molecule has 0 aromatic heterocycles. The second-order valence-corrected chi connectivity index (χ2v) is 9.47. The van der Waals surface area contributed by atoms with Crippen LogP contribution < -0.4 is 14.9 Å². The lowest BCUT2D eigenvalue weighted by molar-refractivity contribution is 0.0734. The lowest BCUT2D eigenvalue weighted by atomic mass is 10.2. The van der Waals surface area contributed by atoms with Gasteiger partial charge < -0.3 is 9.47 Å². The van der Waals surface area contributed by atoms with Crippen molar-refractivity contribution < 1.29 is 19.1 Å². The molecule has 4 aromatic carbocycles. The maximum absolute atomic E-state index is 12.4. The van der Waals surface area contributed by atoms with Crippen LogP contribution in [0.1, 0.15) is 31.8 Å². The van der Waals surface area contributed by atoms with Crippen molar-refractivity contribution in [3.8, 4) is 11.5 Å². The zero-order valence-electron chi connectivity index (χ0n) is 19.2. The Morgan fingerprint density at radius 2 is 1.49 bits per heavy atom. The maximum Gasteiger partial charge on any atom is 0.343 e. The number of esters is 1. The Bertz CT molecular complexity index is 1420. The molecular weight excluding hydrogens is 579 g/mol. The third-order valence-corrected chi connectivity index (χ3v) is 6.19. The van der Waals surface area contributed by atoms with Crippen LogP contribution in [0.25, 0.3) is 0 Å². The van der Waals surface area contributed by atoms with Crippen LogP contribution in [0.2, 0.25) is 10.0 Å². The van der Waals surface area contributed by atoms with Crippen molar-refractivity contribution >= 4 is 57.2 Å². The Morgan fingerprint density at radius 3 is 2.16 bits per heavy atom. The number of ether oxygens (including phenoxy) is 2. The number of nitrogens with zero attached hydrogens (tertiary/aromatic N) is 1. The lowest BCUT2D eigenvalue weighted by Crippen LogP contribution is -2.17. The molecule has 0 bridgehead atoms. The normalized spacial score (nSPS) is 10.8. The first kappa shape index (κ1) is 26.4. The zero-order valence-corrected chi connectivity index (χ0v) is 22.3. The smallest absolute Gasteiger partial charge is 0.343 e. The van der Waals surface area contributed by atoms with Gasteiger partial charge in [0.25, 0.3) is 5.91 Å². The molecule has 1 amide bonds. The Hall–Kier alpha value is -3.65. The Balaban J connectivity index is 1.26. The molecule has 0 atom stereocenters. The van der Waals surface area contributed by atoms with Gasteiger partial charge in [0.15, 0.2) is 0 Å². The van der Waals surface area contributed by atoms with E-state index in [-0.39, 0.29) is 12.5 Å². The van der Waals surface area contributed by atoms with Gasteiger partial charge in [-0.05, 0) is 90.5 Å². The number of amides is 1. The predicted molar refractivity (Wildman–Crippen MR) is 148 cm³/mol. The summed E-state index contributed by atoms with van der Waals surface area (Å²) in [4.78, 5) is 24.6. The number of carbonyl (C=O) groups excluding carboxylic acids is 2. The number of rotatable bonds is 8. The maximum atomic E-state index is 12.4. The van der Waals surface area contributed by atoms with Gasteiger partial charge in [0.05, 0.1) is 11.8 Å². The number of carbonyl (C=O) groups is 2. The first-order chi connectivity index (χ1) is 17.9. The fourth-order valence-corrected chi connectivity index (χ4v) is 3.83. The summed E-state index contributed by atoms with van der Waals surface area (Å²) in [5, 5.41) is 5.07. The first-order valence-electron chi connectivity index (χ1n) is 11.0. The van der Waals surface area contributed by atoms with Gasteiger partial charge in [-0.1, -0.05) is 45.2 Å². The monoisotopic (exact) mass is 596 g/mol. The molecule has 0 saturated heterocycles. The highest BCUT2D eigenvalue weighted by Crippen LogP contribution is 2.23. The summed E-state index contributed by atoms with van der Waals surface area (Å²) in [5.41, 5.74) is 4.87. The minimum Gasteiger partial charge on any atom is -0.489 e. The molecule has 1 N–H and O–H groups in total. The van der Waals surface area contributed by atoms with E-state index in [0.29, 0.717) is 38.2 Å². The van der Waals surface area contributed by atoms with E-state index in [9.17, 15) is 9.59 Å². The number of halogens is 3. The SMILES string of the molecule is O=C(N/N=C\c1ccc(OC(=O)c2ccc(Br)cc2)cc1)c1ccc(OCc2ccc(Cl)cc2Cl)cc1. The van der Waals surface area contributed by atoms with Crippen molar-refractivity contribution in [3.05, 3.63) is 128 Å². The zero-order chi connectivity index (χ0) is 26.2. The highest BCUT2D eigenvalue weighted by molar-refractivity contribution is 9.10. The summed E-state index contributed by atoms with van der Waals surface area (Å²) in [7, 11) is 0. The summed E-state index contributed by atoms with van der Waals surface area (Å²) < 4.78 is 12.0. The molecule has 0 heterocycles. The molecule has 4 rings (SSSR count). The van der Waals surface area contributed by atoms with Crippen LogP contribution in [0.4, 0.5) is 0 Å². The second-order valence-electron chi connectivity index (χ2n) is 7.71. The van der Waals surface area contributed by atoms with Gasteiger partial charge in [-0.2, -0.15) is 5.10 Å². The Labute approximate surface area is 232 Å². The second kappa shape index (κ2) is 12.5. The number of benzene rings is 4. The average molecular weight is 598 g/mol. The van der Waals surface area contributed by atoms with E-state index in [0.717, 1.165) is 10.0 Å². The van der Waals surface area contributed by atoms with Crippen LogP contribution in [0, 0.1) is 0 Å². The molecule has 0 radical (unpaired) electrons. The van der Waals surface area contributed by atoms with Crippen molar-refractivity contribution in [2.24, 2.45) is 5.10 Å². The van der Waals surface area contributed by atoms with Gasteiger partial charge in [-0.3, -0.25) is 4.79 Å². The standard InChI is InChI=1S/C28H19BrCl2N2O4/c29-22-8-3-20(4-9-22)28(35)37-25-11-1-18(2-12-25)16-32-33-27(34)19-6-13-24(14-7-19)36-17-21-5-10-23(30)15-26(21)31/h1-16H,17H2,(H,33,34)/b32-16-. The van der Waals surface area contributed by atoms with Gasteiger partial charge in [-0.15, -0.1) is 0 Å². The lowest BCUT2D eigenvalue weighted by Gasteiger charge is -2.08. The van der Waals surface area contributed by atoms with E-state index in [2.05, 4.69) is 26.5 Å². The van der Waals surface area contributed by atoms with Crippen molar-refractivity contribution in [1.29, 1.82) is 0 Å². The molecule has 9 heteroatoms. The van der Waals surface area contributed by atoms with E-state index >= 15 is 0 Å². The fraction of sp³-hybridized carbons (Fsp3) is 0.0357. The summed E-state index contributed by atoms with van der Waals surface area (Å²) in [6.45, 7) is 0.272.